The number of ether oxygens (including phenoxy) is 2. The Morgan fingerprint density at radius 1 is 1.00 bits per heavy atom. The van der Waals surface area contributed by atoms with Crippen LogP contribution in [0.15, 0.2) is 48.1 Å². The fourth-order valence-corrected chi connectivity index (χ4v) is 3.04. The lowest BCUT2D eigenvalue weighted by atomic mass is 9.96. The van der Waals surface area contributed by atoms with E-state index in [1.807, 2.05) is 50.3 Å². The molecule has 0 bridgehead atoms. The second kappa shape index (κ2) is 10.3. The minimum Gasteiger partial charge on any atom is -0.496 e. The lowest BCUT2D eigenvalue weighted by Crippen LogP contribution is -2.11. The molecule has 2 rings (SSSR count). The van der Waals surface area contributed by atoms with E-state index in [-0.39, 0.29) is 0 Å². The summed E-state index contributed by atoms with van der Waals surface area (Å²) in [6, 6.07) is 9.65. The Kier molecular flexibility index (Phi) is 7.76. The highest BCUT2D eigenvalue weighted by molar-refractivity contribution is 5.92. The van der Waals surface area contributed by atoms with Crippen LogP contribution in [0.4, 0.5) is 0 Å². The van der Waals surface area contributed by atoms with Crippen LogP contribution in [-0.4, -0.2) is 26.4 Å². The van der Waals surface area contributed by atoms with Crippen LogP contribution in [0.2, 0.25) is 0 Å². The maximum absolute atomic E-state index is 11.3. The highest BCUT2D eigenvalue weighted by Gasteiger charge is 2.11. The van der Waals surface area contributed by atoms with Crippen molar-refractivity contribution < 1.29 is 19.1 Å². The number of methoxy groups -OCH3 is 2. The van der Waals surface area contributed by atoms with E-state index < -0.39 is 5.91 Å². The summed E-state index contributed by atoms with van der Waals surface area (Å²) in [5.41, 5.74) is 11.3. The Bertz CT molecular complexity index is 1020. The molecule has 0 aliphatic carbocycles. The summed E-state index contributed by atoms with van der Waals surface area (Å²) < 4.78 is 10.6. The number of carbonyl (C=O) groups excluding carboxylic acids is 2. The molecule has 0 aromatic heterocycles. The van der Waals surface area contributed by atoms with E-state index in [9.17, 15) is 9.59 Å². The topological polar surface area (TPSA) is 78.6 Å². The van der Waals surface area contributed by atoms with Gasteiger partial charge in [0.05, 0.1) is 19.8 Å². The van der Waals surface area contributed by atoms with E-state index in [4.69, 9.17) is 15.2 Å². The predicted octanol–water partition coefficient (Wildman–Crippen LogP) is 4.83. The maximum Gasteiger partial charge on any atom is 0.244 e. The molecule has 30 heavy (non-hydrogen) atoms. The van der Waals surface area contributed by atoms with Crippen molar-refractivity contribution in [2.24, 2.45) is 5.73 Å². The number of benzene rings is 2. The molecule has 0 aliphatic rings. The molecule has 0 heterocycles. The van der Waals surface area contributed by atoms with Crippen molar-refractivity contribution in [1.29, 1.82) is 0 Å². The summed E-state index contributed by atoms with van der Waals surface area (Å²) in [4.78, 5) is 22.5. The molecule has 0 fully saturated rings. The molecule has 5 heteroatoms. The molecule has 0 aliphatic heterocycles. The van der Waals surface area contributed by atoms with Crippen LogP contribution in [0.5, 0.6) is 11.5 Å². The summed E-state index contributed by atoms with van der Waals surface area (Å²) in [5, 5.41) is 0. The van der Waals surface area contributed by atoms with Crippen molar-refractivity contribution in [3.05, 3.63) is 75.9 Å². The lowest BCUT2D eigenvalue weighted by Gasteiger charge is -2.11. The zero-order chi connectivity index (χ0) is 22.3. The number of hydrogen-bond donors (Lipinski definition) is 1. The van der Waals surface area contributed by atoms with Gasteiger partial charge >= 0.3 is 0 Å². The largest absolute Gasteiger partial charge is 0.496 e. The van der Waals surface area contributed by atoms with Gasteiger partial charge in [0.1, 0.15) is 11.5 Å². The Morgan fingerprint density at radius 3 is 2.17 bits per heavy atom. The third-order valence-corrected chi connectivity index (χ3v) is 4.91. The molecule has 0 unspecified atom stereocenters. The van der Waals surface area contributed by atoms with E-state index in [1.165, 1.54) is 14.2 Å². The van der Waals surface area contributed by atoms with Crippen molar-refractivity contribution in [2.45, 2.75) is 20.8 Å². The van der Waals surface area contributed by atoms with Gasteiger partial charge in [0.15, 0.2) is 6.29 Å². The van der Waals surface area contributed by atoms with Crippen molar-refractivity contribution in [2.75, 3.05) is 14.2 Å². The number of primary amides is 1. The van der Waals surface area contributed by atoms with Crippen molar-refractivity contribution in [3.8, 4) is 11.5 Å². The first kappa shape index (κ1) is 22.7. The van der Waals surface area contributed by atoms with E-state index in [1.54, 1.807) is 25.1 Å². The van der Waals surface area contributed by atoms with Gasteiger partial charge < -0.3 is 15.2 Å². The molecule has 2 aromatic rings. The fraction of sp³-hybridized carbons (Fsp3) is 0.200. The number of nitrogens with two attached hydrogens (primary N) is 1. The van der Waals surface area contributed by atoms with Gasteiger partial charge in [-0.2, -0.15) is 0 Å². The van der Waals surface area contributed by atoms with Gasteiger partial charge in [-0.25, -0.2) is 0 Å². The molecule has 2 aromatic carbocycles. The number of hydrogen-bond acceptors (Lipinski definition) is 4. The van der Waals surface area contributed by atoms with E-state index in [0.717, 1.165) is 34.1 Å². The smallest absolute Gasteiger partial charge is 0.244 e. The number of amides is 1. The fourth-order valence-electron chi connectivity index (χ4n) is 3.04. The van der Waals surface area contributed by atoms with Gasteiger partial charge in [-0.05, 0) is 60.7 Å². The summed E-state index contributed by atoms with van der Waals surface area (Å²) in [6.07, 6.45) is 8.30. The predicted molar refractivity (Wildman–Crippen MR) is 122 cm³/mol. The molecule has 156 valence electrons. The normalized spacial score (nSPS) is 12.2. The Hall–Kier alpha value is -3.60. The molecule has 0 radical (unpaired) electrons. The first-order valence-electron chi connectivity index (χ1n) is 9.46. The monoisotopic (exact) mass is 405 g/mol. The second-order valence-electron chi connectivity index (χ2n) is 6.87. The molecule has 0 saturated heterocycles. The van der Waals surface area contributed by atoms with E-state index in [2.05, 4.69) is 0 Å². The van der Waals surface area contributed by atoms with Crippen LogP contribution in [0.3, 0.4) is 0 Å². The van der Waals surface area contributed by atoms with Crippen molar-refractivity contribution in [1.82, 2.24) is 0 Å². The van der Waals surface area contributed by atoms with Crippen molar-refractivity contribution >= 4 is 29.9 Å². The molecular formula is C25H27NO4. The average molecular weight is 405 g/mol. The molecule has 1 amide bonds. The average Bonchev–Trinajstić information content (AvgIpc) is 2.75. The summed E-state index contributed by atoms with van der Waals surface area (Å²) in [7, 11) is 3.04. The molecular weight excluding hydrogens is 378 g/mol. The minimum absolute atomic E-state index is 0.385. The third-order valence-electron chi connectivity index (χ3n) is 4.91. The molecule has 0 atom stereocenters. The number of aldehydes is 1. The van der Waals surface area contributed by atoms with Gasteiger partial charge in [-0.3, -0.25) is 9.59 Å². The van der Waals surface area contributed by atoms with E-state index in [0.29, 0.717) is 22.6 Å². The SMILES string of the molecule is COc1cc(/C=C/c2cccc(/C(C)=C/C=C(\C)C(N)=O)c2C)cc(OC)c1C=O. The van der Waals surface area contributed by atoms with Crippen LogP contribution in [0, 0.1) is 6.92 Å². The first-order valence-corrected chi connectivity index (χ1v) is 9.46. The zero-order valence-corrected chi connectivity index (χ0v) is 18.0. The quantitative estimate of drug-likeness (QED) is 0.295. The number of carbonyl (C=O) groups is 2. The van der Waals surface area contributed by atoms with Gasteiger partial charge in [-0.1, -0.05) is 42.5 Å². The molecule has 5 nitrogen and oxygen atoms in total. The molecule has 0 saturated carbocycles. The number of allylic oxidation sites excluding steroid dienone is 3. The standard InChI is InChI=1S/C25H27NO4/c1-16(9-10-17(2)25(26)28)21-8-6-7-20(18(21)3)12-11-19-13-23(29-4)22(15-27)24(14-19)30-5/h6-15H,1-5H3,(H2,26,28)/b12-11+,16-9+,17-10+. The van der Waals surface area contributed by atoms with Crippen LogP contribution in [0.1, 0.15) is 46.5 Å². The van der Waals surface area contributed by atoms with Crippen molar-refractivity contribution in [3.63, 3.8) is 0 Å². The van der Waals surface area contributed by atoms with Crippen LogP contribution in [-0.2, 0) is 4.79 Å². The second-order valence-corrected chi connectivity index (χ2v) is 6.87. The van der Waals surface area contributed by atoms with Crippen LogP contribution in [0.25, 0.3) is 17.7 Å². The van der Waals surface area contributed by atoms with Gasteiger partial charge in [0.2, 0.25) is 5.91 Å². The summed E-state index contributed by atoms with van der Waals surface area (Å²) in [6.45, 7) is 5.73. The molecule has 0 spiro atoms. The van der Waals surface area contributed by atoms with Crippen LogP contribution < -0.4 is 15.2 Å². The lowest BCUT2D eigenvalue weighted by molar-refractivity contribution is -0.114. The highest BCUT2D eigenvalue weighted by atomic mass is 16.5. The Balaban J connectivity index is 2.41. The first-order chi connectivity index (χ1) is 14.3. The van der Waals surface area contributed by atoms with Gasteiger partial charge in [0, 0.05) is 5.57 Å². The zero-order valence-electron chi connectivity index (χ0n) is 18.0. The summed E-state index contributed by atoms with van der Waals surface area (Å²) in [5.74, 6) is 0.494. The van der Waals surface area contributed by atoms with E-state index >= 15 is 0 Å². The minimum atomic E-state index is -0.432. The maximum atomic E-state index is 11.3. The van der Waals surface area contributed by atoms with Gasteiger partial charge in [-0.15, -0.1) is 0 Å². The third kappa shape index (κ3) is 5.26. The van der Waals surface area contributed by atoms with Gasteiger partial charge in [0.25, 0.3) is 0 Å². The number of rotatable bonds is 8. The molecule has 2 N–H and O–H groups in total. The highest BCUT2D eigenvalue weighted by Crippen LogP contribution is 2.30. The Labute approximate surface area is 177 Å². The Morgan fingerprint density at radius 2 is 1.63 bits per heavy atom. The summed E-state index contributed by atoms with van der Waals surface area (Å²) >= 11 is 0. The van der Waals surface area contributed by atoms with Crippen LogP contribution >= 0.6 is 0 Å².